The quantitative estimate of drug-likeness (QED) is 0.794. The first-order valence-corrected chi connectivity index (χ1v) is 9.54. The Hall–Kier alpha value is -1.49. The van der Waals surface area contributed by atoms with Crippen LogP contribution in [0.25, 0.3) is 0 Å². The highest BCUT2D eigenvalue weighted by Crippen LogP contribution is 2.35. The molecule has 2 N–H and O–H groups in total. The normalized spacial score (nSPS) is 15.5. The van der Waals surface area contributed by atoms with E-state index in [4.69, 9.17) is 11.6 Å². The maximum atomic E-state index is 12.1. The van der Waals surface area contributed by atoms with E-state index in [2.05, 4.69) is 22.8 Å². The molecule has 0 saturated carbocycles. The van der Waals surface area contributed by atoms with Crippen molar-refractivity contribution >= 4 is 29.3 Å². The molecule has 0 radical (unpaired) electrons. The largest absolute Gasteiger partial charge is 0.355 e. The molecule has 1 fully saturated rings. The Balaban J connectivity index is 1.63. The third-order valence-electron chi connectivity index (χ3n) is 4.11. The number of hydrogen-bond acceptors (Lipinski definition) is 3. The number of carbonyl (C=O) groups excluding carboxylic acids is 1. The summed E-state index contributed by atoms with van der Waals surface area (Å²) in [6, 6.07) is 18.1. The predicted octanol–water partition coefficient (Wildman–Crippen LogP) is 3.50. The van der Waals surface area contributed by atoms with Gasteiger partial charge in [0.1, 0.15) is 0 Å². The standard InChI is InChI=1S/C19H21ClN2OS/c20-17-8-6-16(7-9-17)19(15-4-2-1-3-5-15)24-13-18(23)22-12-14-10-21-11-14/h1-9,14,19,21H,10-13H2,(H,22,23). The number of carbonyl (C=O) groups is 1. The fourth-order valence-electron chi connectivity index (χ4n) is 2.61. The van der Waals surface area contributed by atoms with E-state index < -0.39 is 0 Å². The number of hydrogen-bond donors (Lipinski definition) is 2. The zero-order valence-electron chi connectivity index (χ0n) is 13.4. The molecule has 126 valence electrons. The summed E-state index contributed by atoms with van der Waals surface area (Å²) in [4.78, 5) is 12.1. The molecule has 0 spiro atoms. The number of rotatable bonds is 7. The molecule has 0 bridgehead atoms. The van der Waals surface area contributed by atoms with Crippen LogP contribution in [0, 0.1) is 5.92 Å². The van der Waals surface area contributed by atoms with E-state index in [-0.39, 0.29) is 11.2 Å². The predicted molar refractivity (Wildman–Crippen MR) is 102 cm³/mol. The number of thioether (sulfide) groups is 1. The van der Waals surface area contributed by atoms with Crippen LogP contribution in [0.5, 0.6) is 0 Å². The Labute approximate surface area is 152 Å². The fourth-order valence-corrected chi connectivity index (χ4v) is 3.86. The molecule has 2 aromatic carbocycles. The average Bonchev–Trinajstić information content (AvgIpc) is 2.56. The lowest BCUT2D eigenvalue weighted by Gasteiger charge is -2.27. The minimum absolute atomic E-state index is 0.0989. The Morgan fingerprint density at radius 2 is 1.79 bits per heavy atom. The minimum atomic E-state index is 0.0989. The van der Waals surface area contributed by atoms with E-state index in [1.807, 2.05) is 42.5 Å². The molecule has 5 heteroatoms. The van der Waals surface area contributed by atoms with Crippen LogP contribution in [0.15, 0.2) is 54.6 Å². The monoisotopic (exact) mass is 360 g/mol. The summed E-state index contributed by atoms with van der Waals surface area (Å²) in [7, 11) is 0. The first-order valence-electron chi connectivity index (χ1n) is 8.12. The van der Waals surface area contributed by atoms with Gasteiger partial charge in [-0.05, 0) is 23.3 Å². The van der Waals surface area contributed by atoms with Crippen LogP contribution in [-0.2, 0) is 4.79 Å². The van der Waals surface area contributed by atoms with Crippen molar-refractivity contribution < 1.29 is 4.79 Å². The van der Waals surface area contributed by atoms with Crippen LogP contribution < -0.4 is 10.6 Å². The highest BCUT2D eigenvalue weighted by Gasteiger charge is 2.19. The van der Waals surface area contributed by atoms with Gasteiger partial charge in [-0.25, -0.2) is 0 Å². The van der Waals surface area contributed by atoms with Gasteiger partial charge in [-0.15, -0.1) is 11.8 Å². The van der Waals surface area contributed by atoms with Crippen LogP contribution >= 0.6 is 23.4 Å². The molecule has 2 aromatic rings. The molecule has 24 heavy (non-hydrogen) atoms. The Morgan fingerprint density at radius 1 is 1.12 bits per heavy atom. The van der Waals surface area contributed by atoms with Gasteiger partial charge in [0.25, 0.3) is 0 Å². The van der Waals surface area contributed by atoms with Crippen LogP contribution in [-0.4, -0.2) is 31.3 Å². The Bertz CT molecular complexity index is 659. The van der Waals surface area contributed by atoms with Crippen LogP contribution in [0.2, 0.25) is 5.02 Å². The second-order valence-electron chi connectivity index (χ2n) is 5.98. The van der Waals surface area contributed by atoms with Gasteiger partial charge < -0.3 is 10.6 Å². The van der Waals surface area contributed by atoms with Crippen molar-refractivity contribution in [3.05, 3.63) is 70.7 Å². The van der Waals surface area contributed by atoms with Gasteiger partial charge in [0.05, 0.1) is 11.0 Å². The molecule has 1 aliphatic rings. The smallest absolute Gasteiger partial charge is 0.230 e. The van der Waals surface area contributed by atoms with Crippen molar-refractivity contribution in [2.45, 2.75) is 5.25 Å². The molecular weight excluding hydrogens is 340 g/mol. The summed E-state index contributed by atoms with van der Waals surface area (Å²) in [6.45, 7) is 2.78. The third kappa shape index (κ3) is 4.76. The van der Waals surface area contributed by atoms with Crippen LogP contribution in [0.1, 0.15) is 16.4 Å². The molecule has 3 rings (SSSR count). The highest BCUT2D eigenvalue weighted by molar-refractivity contribution is 8.00. The molecule has 1 heterocycles. The molecule has 0 aromatic heterocycles. The summed E-state index contributed by atoms with van der Waals surface area (Å²) >= 11 is 7.65. The number of halogens is 1. The van der Waals surface area contributed by atoms with Gasteiger partial charge in [0.15, 0.2) is 0 Å². The van der Waals surface area contributed by atoms with Gasteiger partial charge in [0, 0.05) is 30.6 Å². The number of benzene rings is 2. The SMILES string of the molecule is O=C(CSC(c1ccccc1)c1ccc(Cl)cc1)NCC1CNC1. The molecule has 0 aliphatic carbocycles. The second kappa shape index (κ2) is 8.56. The lowest BCUT2D eigenvalue weighted by Crippen LogP contribution is -2.48. The van der Waals surface area contributed by atoms with Crippen molar-refractivity contribution in [2.75, 3.05) is 25.4 Å². The second-order valence-corrected chi connectivity index (χ2v) is 7.51. The average molecular weight is 361 g/mol. The van der Waals surface area contributed by atoms with E-state index >= 15 is 0 Å². The maximum absolute atomic E-state index is 12.1. The minimum Gasteiger partial charge on any atom is -0.355 e. The summed E-state index contributed by atoms with van der Waals surface area (Å²) in [5.74, 6) is 1.13. The lowest BCUT2D eigenvalue weighted by atomic mass is 10.0. The molecule has 1 atom stereocenters. The topological polar surface area (TPSA) is 41.1 Å². The summed E-state index contributed by atoms with van der Waals surface area (Å²) in [5.41, 5.74) is 2.35. The summed E-state index contributed by atoms with van der Waals surface area (Å²) in [6.07, 6.45) is 0. The van der Waals surface area contributed by atoms with Crippen molar-refractivity contribution in [1.82, 2.24) is 10.6 Å². The molecule has 3 nitrogen and oxygen atoms in total. The van der Waals surface area contributed by atoms with Gasteiger partial charge in [-0.2, -0.15) is 0 Å². The lowest BCUT2D eigenvalue weighted by molar-refractivity contribution is -0.118. The fraction of sp³-hybridized carbons (Fsp3) is 0.316. The first-order chi connectivity index (χ1) is 11.7. The maximum Gasteiger partial charge on any atom is 0.230 e. The molecule has 1 aliphatic heterocycles. The van der Waals surface area contributed by atoms with Crippen molar-refractivity contribution in [1.29, 1.82) is 0 Å². The highest BCUT2D eigenvalue weighted by atomic mass is 35.5. The van der Waals surface area contributed by atoms with Crippen molar-refractivity contribution in [3.63, 3.8) is 0 Å². The molecule has 1 amide bonds. The van der Waals surface area contributed by atoms with E-state index in [0.717, 1.165) is 30.2 Å². The van der Waals surface area contributed by atoms with E-state index in [1.54, 1.807) is 11.8 Å². The van der Waals surface area contributed by atoms with Crippen LogP contribution in [0.3, 0.4) is 0 Å². The molecule has 1 saturated heterocycles. The molecular formula is C19H21ClN2OS. The van der Waals surface area contributed by atoms with Crippen molar-refractivity contribution in [3.8, 4) is 0 Å². The van der Waals surface area contributed by atoms with Crippen LogP contribution in [0.4, 0.5) is 0 Å². The third-order valence-corrected chi connectivity index (χ3v) is 5.67. The molecule has 1 unspecified atom stereocenters. The summed E-state index contributed by atoms with van der Waals surface area (Å²) < 4.78 is 0. The Kier molecular flexibility index (Phi) is 6.18. The van der Waals surface area contributed by atoms with Gasteiger partial charge in [0.2, 0.25) is 5.91 Å². The van der Waals surface area contributed by atoms with E-state index in [9.17, 15) is 4.79 Å². The van der Waals surface area contributed by atoms with Gasteiger partial charge in [-0.1, -0.05) is 54.1 Å². The Morgan fingerprint density at radius 3 is 2.42 bits per heavy atom. The van der Waals surface area contributed by atoms with E-state index in [1.165, 1.54) is 5.56 Å². The zero-order chi connectivity index (χ0) is 16.8. The van der Waals surface area contributed by atoms with Gasteiger partial charge in [-0.3, -0.25) is 4.79 Å². The van der Waals surface area contributed by atoms with E-state index in [0.29, 0.717) is 11.7 Å². The number of amides is 1. The number of nitrogens with one attached hydrogen (secondary N) is 2. The van der Waals surface area contributed by atoms with Crippen molar-refractivity contribution in [2.24, 2.45) is 5.92 Å². The first kappa shape index (κ1) is 17.3. The van der Waals surface area contributed by atoms with Gasteiger partial charge >= 0.3 is 0 Å². The zero-order valence-corrected chi connectivity index (χ0v) is 14.9. The summed E-state index contributed by atoms with van der Waals surface area (Å²) in [5, 5.41) is 7.10.